The molecule has 1 aromatic rings. The fraction of sp³-hybridized carbons (Fsp3) is 0.750. The number of rotatable bonds is 7. The van der Waals surface area contributed by atoms with E-state index in [1.807, 2.05) is 13.8 Å². The van der Waals surface area contributed by atoms with Crippen molar-refractivity contribution in [1.82, 2.24) is 15.6 Å². The van der Waals surface area contributed by atoms with Crippen molar-refractivity contribution >= 4 is 29.9 Å². The number of aryl methyl sites for hydroxylation is 2. The summed E-state index contributed by atoms with van der Waals surface area (Å²) in [5.74, 6) is 2.35. The number of nitrogens with one attached hydrogen (secondary N) is 2. The van der Waals surface area contributed by atoms with Gasteiger partial charge in [-0.3, -0.25) is 4.99 Å². The molecule has 1 heterocycles. The Hall–Kier alpha value is -0.830. The molecule has 0 amide bonds. The number of methoxy groups -OCH3 is 1. The third-order valence-electron chi connectivity index (χ3n) is 4.59. The molecule has 0 unspecified atom stereocenters. The molecule has 0 aliphatic heterocycles. The number of oxazole rings is 1. The van der Waals surface area contributed by atoms with Gasteiger partial charge in [-0.25, -0.2) is 4.98 Å². The first-order chi connectivity index (χ1) is 10.6. The van der Waals surface area contributed by atoms with E-state index in [1.165, 1.54) is 19.3 Å². The highest BCUT2D eigenvalue weighted by atomic mass is 127. The van der Waals surface area contributed by atoms with Gasteiger partial charge in [-0.15, -0.1) is 24.0 Å². The van der Waals surface area contributed by atoms with E-state index in [9.17, 15) is 0 Å². The molecule has 1 saturated carbocycles. The molecular weight excluding hydrogens is 407 g/mol. The molecule has 23 heavy (non-hydrogen) atoms. The maximum Gasteiger partial charge on any atom is 0.214 e. The first-order valence-electron chi connectivity index (χ1n) is 7.95. The van der Waals surface area contributed by atoms with Gasteiger partial charge in [0, 0.05) is 27.3 Å². The summed E-state index contributed by atoms with van der Waals surface area (Å²) in [5, 5.41) is 6.68. The first kappa shape index (κ1) is 20.2. The summed E-state index contributed by atoms with van der Waals surface area (Å²) in [6.45, 7) is 6.17. The van der Waals surface area contributed by atoms with Gasteiger partial charge in [-0.1, -0.05) is 6.42 Å². The second-order valence-electron chi connectivity index (χ2n) is 6.12. The van der Waals surface area contributed by atoms with Crippen LogP contribution in [0.4, 0.5) is 0 Å². The van der Waals surface area contributed by atoms with Crippen LogP contribution < -0.4 is 10.6 Å². The number of nitrogens with zero attached hydrogens (tertiary/aromatic N) is 2. The van der Waals surface area contributed by atoms with Crippen molar-refractivity contribution in [3.8, 4) is 0 Å². The molecule has 1 aliphatic rings. The normalized spacial score (nSPS) is 16.4. The number of halogens is 1. The Bertz CT molecular complexity index is 493. The molecule has 0 radical (unpaired) electrons. The Kier molecular flexibility index (Phi) is 8.32. The highest BCUT2D eigenvalue weighted by Crippen LogP contribution is 2.43. The van der Waals surface area contributed by atoms with Crippen LogP contribution >= 0.6 is 24.0 Å². The summed E-state index contributed by atoms with van der Waals surface area (Å²) < 4.78 is 10.8. The van der Waals surface area contributed by atoms with Crippen LogP contribution in [0.5, 0.6) is 0 Å². The van der Waals surface area contributed by atoms with Gasteiger partial charge in [0.2, 0.25) is 5.89 Å². The molecule has 0 bridgehead atoms. The van der Waals surface area contributed by atoms with Crippen molar-refractivity contribution in [2.24, 2.45) is 10.4 Å². The third-order valence-corrected chi connectivity index (χ3v) is 4.59. The van der Waals surface area contributed by atoms with Crippen LogP contribution in [-0.4, -0.2) is 38.3 Å². The second kappa shape index (κ2) is 9.46. The van der Waals surface area contributed by atoms with E-state index in [4.69, 9.17) is 9.15 Å². The Balaban J connectivity index is 0.00000264. The SMILES string of the molecule is CN=C(NCc1nc(C)c(C)o1)NCC1(CCOC)CCC1.I. The van der Waals surface area contributed by atoms with Crippen molar-refractivity contribution in [2.45, 2.75) is 46.1 Å². The summed E-state index contributed by atoms with van der Waals surface area (Å²) in [4.78, 5) is 8.63. The highest BCUT2D eigenvalue weighted by molar-refractivity contribution is 14.0. The predicted molar refractivity (Wildman–Crippen MR) is 102 cm³/mol. The number of hydrogen-bond donors (Lipinski definition) is 2. The molecule has 0 saturated heterocycles. The van der Waals surface area contributed by atoms with E-state index in [1.54, 1.807) is 14.2 Å². The molecule has 2 rings (SSSR count). The monoisotopic (exact) mass is 436 g/mol. The summed E-state index contributed by atoms with van der Waals surface area (Å²) in [6, 6.07) is 0. The van der Waals surface area contributed by atoms with Crippen molar-refractivity contribution in [3.63, 3.8) is 0 Å². The van der Waals surface area contributed by atoms with E-state index < -0.39 is 0 Å². The molecule has 2 N–H and O–H groups in total. The average molecular weight is 436 g/mol. The summed E-state index contributed by atoms with van der Waals surface area (Å²) >= 11 is 0. The van der Waals surface area contributed by atoms with Crippen LogP contribution in [0.3, 0.4) is 0 Å². The smallest absolute Gasteiger partial charge is 0.214 e. The molecule has 1 aromatic heterocycles. The van der Waals surface area contributed by atoms with E-state index in [0.717, 1.165) is 37.0 Å². The number of ether oxygens (including phenoxy) is 1. The molecule has 0 spiro atoms. The van der Waals surface area contributed by atoms with Crippen LogP contribution in [0.15, 0.2) is 9.41 Å². The summed E-state index contributed by atoms with van der Waals surface area (Å²) in [5.41, 5.74) is 1.30. The van der Waals surface area contributed by atoms with Crippen LogP contribution in [0.25, 0.3) is 0 Å². The maximum absolute atomic E-state index is 5.57. The lowest BCUT2D eigenvalue weighted by molar-refractivity contribution is 0.0732. The number of hydrogen-bond acceptors (Lipinski definition) is 4. The van der Waals surface area contributed by atoms with Crippen molar-refractivity contribution in [3.05, 3.63) is 17.3 Å². The molecular formula is C16H29IN4O2. The lowest BCUT2D eigenvalue weighted by Crippen LogP contribution is -2.46. The Morgan fingerprint density at radius 3 is 2.57 bits per heavy atom. The van der Waals surface area contributed by atoms with Gasteiger partial charge in [0.05, 0.1) is 12.2 Å². The number of guanidine groups is 1. The number of aliphatic imine (C=N–C) groups is 1. The summed E-state index contributed by atoms with van der Waals surface area (Å²) in [6.07, 6.45) is 4.94. The topological polar surface area (TPSA) is 71.7 Å². The van der Waals surface area contributed by atoms with Crippen LogP contribution in [0.2, 0.25) is 0 Å². The maximum atomic E-state index is 5.57. The van der Waals surface area contributed by atoms with Gasteiger partial charge in [0.15, 0.2) is 5.96 Å². The lowest BCUT2D eigenvalue weighted by atomic mass is 9.67. The van der Waals surface area contributed by atoms with Crippen LogP contribution in [-0.2, 0) is 11.3 Å². The minimum Gasteiger partial charge on any atom is -0.444 e. The van der Waals surface area contributed by atoms with Gasteiger partial charge in [-0.2, -0.15) is 0 Å². The zero-order valence-corrected chi connectivity index (χ0v) is 16.9. The highest BCUT2D eigenvalue weighted by Gasteiger charge is 2.36. The standard InChI is InChI=1S/C16H28N4O2.HI/c1-12-13(2)22-14(20-12)10-18-15(17-3)19-11-16(6-5-7-16)8-9-21-4;/h5-11H2,1-4H3,(H2,17,18,19);1H. The molecule has 132 valence electrons. The van der Waals surface area contributed by atoms with Gasteiger partial charge in [0.25, 0.3) is 0 Å². The van der Waals surface area contributed by atoms with E-state index in [0.29, 0.717) is 17.9 Å². The van der Waals surface area contributed by atoms with Crippen molar-refractivity contribution in [2.75, 3.05) is 27.3 Å². The molecule has 6 nitrogen and oxygen atoms in total. The number of aromatic nitrogens is 1. The largest absolute Gasteiger partial charge is 0.444 e. The fourth-order valence-electron chi connectivity index (χ4n) is 2.78. The van der Waals surface area contributed by atoms with E-state index >= 15 is 0 Å². The minimum atomic E-state index is 0. The molecule has 7 heteroatoms. The van der Waals surface area contributed by atoms with E-state index in [2.05, 4.69) is 20.6 Å². The molecule has 1 fully saturated rings. The van der Waals surface area contributed by atoms with Gasteiger partial charge >= 0.3 is 0 Å². The minimum absolute atomic E-state index is 0. The zero-order valence-electron chi connectivity index (χ0n) is 14.6. The van der Waals surface area contributed by atoms with Gasteiger partial charge in [0.1, 0.15) is 5.76 Å². The van der Waals surface area contributed by atoms with Crippen molar-refractivity contribution < 1.29 is 9.15 Å². The first-order valence-corrected chi connectivity index (χ1v) is 7.95. The molecule has 0 aromatic carbocycles. The fourth-order valence-corrected chi connectivity index (χ4v) is 2.78. The van der Waals surface area contributed by atoms with Crippen LogP contribution in [0.1, 0.15) is 43.0 Å². The zero-order chi connectivity index (χ0) is 16.0. The Morgan fingerprint density at radius 1 is 1.35 bits per heavy atom. The Labute approximate surface area is 155 Å². The molecule has 1 aliphatic carbocycles. The lowest BCUT2D eigenvalue weighted by Gasteiger charge is -2.42. The van der Waals surface area contributed by atoms with Crippen LogP contribution in [0, 0.1) is 19.3 Å². The Morgan fingerprint density at radius 2 is 2.09 bits per heavy atom. The van der Waals surface area contributed by atoms with Crippen molar-refractivity contribution in [1.29, 1.82) is 0 Å². The van der Waals surface area contributed by atoms with Gasteiger partial charge < -0.3 is 19.8 Å². The average Bonchev–Trinajstić information content (AvgIpc) is 2.79. The second-order valence-corrected chi connectivity index (χ2v) is 6.12. The third kappa shape index (κ3) is 5.63. The quantitative estimate of drug-likeness (QED) is 0.391. The van der Waals surface area contributed by atoms with Gasteiger partial charge in [-0.05, 0) is 38.5 Å². The summed E-state index contributed by atoms with van der Waals surface area (Å²) in [7, 11) is 3.55. The van der Waals surface area contributed by atoms with E-state index in [-0.39, 0.29) is 24.0 Å². The molecule has 0 atom stereocenters. The predicted octanol–water partition coefficient (Wildman–Crippen LogP) is 2.78.